The first-order chi connectivity index (χ1) is 8.25. The largest absolute Gasteiger partial charge is 0.370 e. The number of nitrogens with one attached hydrogen (secondary N) is 2. The molecule has 5 heteroatoms. The van der Waals surface area contributed by atoms with Gasteiger partial charge in [0.15, 0.2) is 0 Å². The molecule has 1 aromatic rings. The van der Waals surface area contributed by atoms with Crippen LogP contribution in [0.25, 0.3) is 0 Å². The van der Waals surface area contributed by atoms with Crippen LogP contribution in [0.15, 0.2) is 18.3 Å². The number of pyridine rings is 1. The van der Waals surface area contributed by atoms with E-state index in [4.69, 9.17) is 5.73 Å². The second kappa shape index (κ2) is 5.63. The first kappa shape index (κ1) is 11.9. The number of aromatic nitrogens is 1. The fourth-order valence-corrected chi connectivity index (χ4v) is 2.06. The molecule has 1 atom stereocenters. The number of carbonyl (C=O) groups is 1. The molecule has 92 valence electrons. The second-order valence-corrected chi connectivity index (χ2v) is 4.30. The van der Waals surface area contributed by atoms with Crippen molar-refractivity contribution in [3.05, 3.63) is 23.9 Å². The van der Waals surface area contributed by atoms with Gasteiger partial charge in [0.05, 0.1) is 0 Å². The van der Waals surface area contributed by atoms with Crippen LogP contribution < -0.4 is 16.4 Å². The maximum Gasteiger partial charge on any atom is 0.248 e. The summed E-state index contributed by atoms with van der Waals surface area (Å²) in [6.45, 7) is 1.98. The summed E-state index contributed by atoms with van der Waals surface area (Å²) in [5.74, 6) is 0.284. The topological polar surface area (TPSA) is 80.0 Å². The van der Waals surface area contributed by atoms with Crippen molar-refractivity contribution in [3.63, 3.8) is 0 Å². The van der Waals surface area contributed by atoms with E-state index in [1.807, 2.05) is 0 Å². The number of primary amides is 1. The smallest absolute Gasteiger partial charge is 0.248 e. The van der Waals surface area contributed by atoms with Gasteiger partial charge in [-0.05, 0) is 37.9 Å². The van der Waals surface area contributed by atoms with Crippen molar-refractivity contribution in [2.45, 2.75) is 25.3 Å². The second-order valence-electron chi connectivity index (χ2n) is 4.30. The third-order valence-corrected chi connectivity index (χ3v) is 3.01. The highest BCUT2D eigenvalue weighted by molar-refractivity contribution is 5.93. The molecule has 1 saturated heterocycles. The summed E-state index contributed by atoms with van der Waals surface area (Å²) in [5.41, 5.74) is 5.69. The van der Waals surface area contributed by atoms with Gasteiger partial charge >= 0.3 is 0 Å². The summed E-state index contributed by atoms with van der Waals surface area (Å²) in [6.07, 6.45) is 5.18. The van der Waals surface area contributed by atoms with Crippen LogP contribution in [-0.2, 0) is 0 Å². The molecule has 4 N–H and O–H groups in total. The fraction of sp³-hybridized carbons (Fsp3) is 0.500. The van der Waals surface area contributed by atoms with Gasteiger partial charge in [0.1, 0.15) is 5.82 Å². The molecule has 0 radical (unpaired) electrons. The lowest BCUT2D eigenvalue weighted by atomic mass is 10.1. The summed E-state index contributed by atoms with van der Waals surface area (Å²) in [7, 11) is 0. The van der Waals surface area contributed by atoms with Crippen molar-refractivity contribution in [2.75, 3.05) is 18.4 Å². The van der Waals surface area contributed by atoms with Crippen molar-refractivity contribution in [1.82, 2.24) is 10.3 Å². The molecular formula is C12H18N4O. The summed E-state index contributed by atoms with van der Waals surface area (Å²) in [5, 5.41) is 6.65. The Kier molecular flexibility index (Phi) is 3.93. The Balaban J connectivity index is 1.81. The molecule has 0 unspecified atom stereocenters. The lowest BCUT2D eigenvalue weighted by molar-refractivity contribution is 0.1000. The zero-order valence-electron chi connectivity index (χ0n) is 9.78. The Morgan fingerprint density at radius 2 is 2.53 bits per heavy atom. The number of anilines is 1. The first-order valence-corrected chi connectivity index (χ1v) is 5.99. The van der Waals surface area contributed by atoms with E-state index in [0.29, 0.717) is 17.4 Å². The van der Waals surface area contributed by atoms with E-state index in [1.54, 1.807) is 18.3 Å². The number of amides is 1. The van der Waals surface area contributed by atoms with E-state index >= 15 is 0 Å². The molecule has 2 heterocycles. The number of nitrogens with zero attached hydrogens (tertiary/aromatic N) is 1. The predicted molar refractivity (Wildman–Crippen MR) is 66.9 cm³/mol. The Bertz CT molecular complexity index is 388. The van der Waals surface area contributed by atoms with E-state index in [-0.39, 0.29) is 0 Å². The third kappa shape index (κ3) is 3.42. The van der Waals surface area contributed by atoms with Crippen molar-refractivity contribution in [1.29, 1.82) is 0 Å². The molecule has 0 bridgehead atoms. The van der Waals surface area contributed by atoms with Gasteiger partial charge in [0.25, 0.3) is 0 Å². The molecule has 0 aliphatic carbocycles. The normalized spacial score (nSPS) is 19.2. The average Bonchev–Trinajstić information content (AvgIpc) is 2.82. The monoisotopic (exact) mass is 234 g/mol. The molecule has 1 fully saturated rings. The first-order valence-electron chi connectivity index (χ1n) is 5.99. The van der Waals surface area contributed by atoms with E-state index in [9.17, 15) is 4.79 Å². The molecule has 2 rings (SSSR count). The van der Waals surface area contributed by atoms with Crippen molar-refractivity contribution in [3.8, 4) is 0 Å². The molecule has 0 aromatic carbocycles. The highest BCUT2D eigenvalue weighted by atomic mass is 16.1. The quantitative estimate of drug-likeness (QED) is 0.702. The molecule has 17 heavy (non-hydrogen) atoms. The van der Waals surface area contributed by atoms with Crippen LogP contribution in [0.1, 0.15) is 29.6 Å². The lowest BCUT2D eigenvalue weighted by Gasteiger charge is -2.11. The Labute approximate surface area is 101 Å². The van der Waals surface area contributed by atoms with E-state index in [1.165, 1.54) is 12.8 Å². The highest BCUT2D eigenvalue weighted by Gasteiger charge is 2.13. The average molecular weight is 234 g/mol. The number of carbonyl (C=O) groups excluding carboxylic acids is 1. The van der Waals surface area contributed by atoms with Crippen molar-refractivity contribution >= 4 is 11.7 Å². The minimum atomic E-state index is -0.423. The summed E-state index contributed by atoms with van der Waals surface area (Å²) in [6, 6.07) is 3.91. The Morgan fingerprint density at radius 1 is 1.65 bits per heavy atom. The molecule has 1 amide bonds. The molecule has 1 aliphatic heterocycles. The summed E-state index contributed by atoms with van der Waals surface area (Å²) in [4.78, 5) is 15.1. The number of nitrogens with two attached hydrogens (primary N) is 1. The van der Waals surface area contributed by atoms with Gasteiger partial charge in [-0.15, -0.1) is 0 Å². The van der Waals surface area contributed by atoms with E-state index in [2.05, 4.69) is 15.6 Å². The van der Waals surface area contributed by atoms with E-state index < -0.39 is 5.91 Å². The maximum atomic E-state index is 11.0. The molecular weight excluding hydrogens is 216 g/mol. The Morgan fingerprint density at radius 3 is 3.24 bits per heavy atom. The standard InChI is InChI=1S/C12H18N4O/c13-12(17)9-3-6-15-11(8-9)16-7-4-10-2-1-5-14-10/h3,6,8,10,14H,1-2,4-5,7H2,(H2,13,17)(H,15,16)/t10-/m0/s1. The van der Waals surface area contributed by atoms with Gasteiger partial charge in [-0.3, -0.25) is 4.79 Å². The van der Waals surface area contributed by atoms with Crippen molar-refractivity contribution in [2.24, 2.45) is 5.73 Å². The minimum absolute atomic E-state index is 0.423. The van der Waals surface area contributed by atoms with Gasteiger partial charge in [0, 0.05) is 24.3 Å². The van der Waals surface area contributed by atoms with Gasteiger partial charge in [-0.1, -0.05) is 0 Å². The molecule has 0 spiro atoms. The fourth-order valence-electron chi connectivity index (χ4n) is 2.06. The maximum absolute atomic E-state index is 11.0. The zero-order valence-corrected chi connectivity index (χ0v) is 9.78. The zero-order chi connectivity index (χ0) is 12.1. The van der Waals surface area contributed by atoms with Crippen LogP contribution in [0.5, 0.6) is 0 Å². The SMILES string of the molecule is NC(=O)c1ccnc(NCC[C@@H]2CCCN2)c1. The predicted octanol–water partition coefficient (Wildman–Crippen LogP) is 0.734. The molecule has 1 aromatic heterocycles. The van der Waals surface area contributed by atoms with Crippen LogP contribution in [0.2, 0.25) is 0 Å². The van der Waals surface area contributed by atoms with Crippen LogP contribution in [0.3, 0.4) is 0 Å². The molecule has 5 nitrogen and oxygen atoms in total. The minimum Gasteiger partial charge on any atom is -0.370 e. The van der Waals surface area contributed by atoms with Crippen LogP contribution in [0.4, 0.5) is 5.82 Å². The van der Waals surface area contributed by atoms with Crippen LogP contribution in [0, 0.1) is 0 Å². The van der Waals surface area contributed by atoms with Crippen LogP contribution >= 0.6 is 0 Å². The lowest BCUT2D eigenvalue weighted by Crippen LogP contribution is -2.24. The number of hydrogen-bond donors (Lipinski definition) is 3. The van der Waals surface area contributed by atoms with Gasteiger partial charge in [-0.2, -0.15) is 0 Å². The molecule has 0 saturated carbocycles. The summed E-state index contributed by atoms with van der Waals surface area (Å²) >= 11 is 0. The highest BCUT2D eigenvalue weighted by Crippen LogP contribution is 2.10. The van der Waals surface area contributed by atoms with Crippen LogP contribution in [-0.4, -0.2) is 30.0 Å². The van der Waals surface area contributed by atoms with Crippen molar-refractivity contribution < 1.29 is 4.79 Å². The van der Waals surface area contributed by atoms with E-state index in [0.717, 1.165) is 19.5 Å². The van der Waals surface area contributed by atoms with Gasteiger partial charge in [0.2, 0.25) is 5.91 Å². The number of rotatable bonds is 5. The third-order valence-electron chi connectivity index (χ3n) is 3.01. The van der Waals surface area contributed by atoms with Gasteiger partial charge < -0.3 is 16.4 Å². The van der Waals surface area contributed by atoms with Gasteiger partial charge in [-0.25, -0.2) is 4.98 Å². The molecule has 1 aliphatic rings. The number of hydrogen-bond acceptors (Lipinski definition) is 4. The Hall–Kier alpha value is -1.62. The summed E-state index contributed by atoms with van der Waals surface area (Å²) < 4.78 is 0.